The first kappa shape index (κ1) is 16.3. The predicted octanol–water partition coefficient (Wildman–Crippen LogP) is 4.23. The number of halogens is 4. The Morgan fingerprint density at radius 2 is 2.00 bits per heavy atom. The van der Waals surface area contributed by atoms with Crippen LogP contribution in [-0.2, 0) is 6.54 Å². The van der Waals surface area contributed by atoms with E-state index in [-0.39, 0.29) is 6.54 Å². The number of benzene rings is 1. The molecule has 0 aliphatic carbocycles. The standard InChI is InChI=1S/C13H17BrF3NO/c1-3-6-18(9-13(15,16)17)8-10-7-11(14)4-5-12(10)19-2/h4-5,7H,3,6,8-9H2,1-2H3. The van der Waals surface area contributed by atoms with Gasteiger partial charge in [-0.2, -0.15) is 13.2 Å². The molecular weight excluding hydrogens is 323 g/mol. The average Bonchev–Trinajstić information content (AvgIpc) is 2.27. The number of methoxy groups -OCH3 is 1. The first-order valence-electron chi connectivity index (χ1n) is 5.97. The summed E-state index contributed by atoms with van der Waals surface area (Å²) in [6.07, 6.45) is -3.51. The molecule has 1 aromatic rings. The third-order valence-electron chi connectivity index (χ3n) is 2.58. The molecule has 0 saturated heterocycles. The summed E-state index contributed by atoms with van der Waals surface area (Å²) in [7, 11) is 1.51. The number of ether oxygens (including phenoxy) is 1. The monoisotopic (exact) mass is 339 g/mol. The number of alkyl halides is 3. The van der Waals surface area contributed by atoms with E-state index >= 15 is 0 Å². The highest BCUT2D eigenvalue weighted by Crippen LogP contribution is 2.26. The summed E-state index contributed by atoms with van der Waals surface area (Å²) in [6, 6.07) is 5.34. The van der Waals surface area contributed by atoms with Crippen molar-refractivity contribution in [2.24, 2.45) is 0 Å². The molecular formula is C13H17BrF3NO. The second-order valence-corrected chi connectivity index (χ2v) is 5.20. The Hall–Kier alpha value is -0.750. The van der Waals surface area contributed by atoms with E-state index in [0.717, 1.165) is 10.0 Å². The number of hydrogen-bond acceptors (Lipinski definition) is 2. The maximum atomic E-state index is 12.5. The second kappa shape index (κ2) is 7.14. The van der Waals surface area contributed by atoms with Crippen molar-refractivity contribution >= 4 is 15.9 Å². The molecule has 6 heteroatoms. The fourth-order valence-corrected chi connectivity index (χ4v) is 2.30. The molecule has 0 unspecified atom stereocenters. The largest absolute Gasteiger partial charge is 0.496 e. The lowest BCUT2D eigenvalue weighted by Crippen LogP contribution is -2.34. The molecule has 0 aliphatic heterocycles. The van der Waals surface area contributed by atoms with E-state index in [1.807, 2.05) is 6.92 Å². The second-order valence-electron chi connectivity index (χ2n) is 4.28. The lowest BCUT2D eigenvalue weighted by atomic mass is 10.2. The van der Waals surface area contributed by atoms with Gasteiger partial charge in [0.15, 0.2) is 0 Å². The van der Waals surface area contributed by atoms with Crippen molar-refractivity contribution in [2.75, 3.05) is 20.2 Å². The number of hydrogen-bond donors (Lipinski definition) is 0. The fraction of sp³-hybridized carbons (Fsp3) is 0.538. The normalized spacial score (nSPS) is 11.9. The topological polar surface area (TPSA) is 12.5 Å². The van der Waals surface area contributed by atoms with Gasteiger partial charge in [0.05, 0.1) is 13.7 Å². The highest BCUT2D eigenvalue weighted by Gasteiger charge is 2.30. The van der Waals surface area contributed by atoms with Gasteiger partial charge in [0.25, 0.3) is 0 Å². The van der Waals surface area contributed by atoms with E-state index in [0.29, 0.717) is 18.7 Å². The third-order valence-corrected chi connectivity index (χ3v) is 3.07. The Bertz CT molecular complexity index is 409. The van der Waals surface area contributed by atoms with Crippen LogP contribution in [0.5, 0.6) is 5.75 Å². The van der Waals surface area contributed by atoms with Crippen molar-refractivity contribution in [3.8, 4) is 5.75 Å². The Labute approximate surface area is 119 Å². The van der Waals surface area contributed by atoms with E-state index in [2.05, 4.69) is 15.9 Å². The molecule has 0 amide bonds. The molecule has 0 bridgehead atoms. The van der Waals surface area contributed by atoms with Crippen LogP contribution in [0.3, 0.4) is 0 Å². The molecule has 0 spiro atoms. The van der Waals surface area contributed by atoms with Crippen LogP contribution in [-0.4, -0.2) is 31.3 Å². The third kappa shape index (κ3) is 5.82. The van der Waals surface area contributed by atoms with Gasteiger partial charge in [-0.3, -0.25) is 4.90 Å². The average molecular weight is 340 g/mol. The summed E-state index contributed by atoms with van der Waals surface area (Å²) in [4.78, 5) is 1.38. The van der Waals surface area contributed by atoms with Crippen molar-refractivity contribution in [2.45, 2.75) is 26.1 Å². The van der Waals surface area contributed by atoms with Crippen LogP contribution in [0, 0.1) is 0 Å². The molecule has 108 valence electrons. The van der Waals surface area contributed by atoms with Crippen molar-refractivity contribution in [3.63, 3.8) is 0 Å². The van der Waals surface area contributed by atoms with Gasteiger partial charge in [-0.05, 0) is 31.2 Å². The zero-order valence-electron chi connectivity index (χ0n) is 10.9. The van der Waals surface area contributed by atoms with Crippen LogP contribution < -0.4 is 4.74 Å². The zero-order chi connectivity index (χ0) is 14.5. The molecule has 1 aromatic carbocycles. The van der Waals surface area contributed by atoms with Gasteiger partial charge in [-0.1, -0.05) is 22.9 Å². The lowest BCUT2D eigenvalue weighted by Gasteiger charge is -2.24. The van der Waals surface area contributed by atoms with Gasteiger partial charge in [0.1, 0.15) is 5.75 Å². The Morgan fingerprint density at radius 1 is 1.32 bits per heavy atom. The van der Waals surface area contributed by atoms with Crippen LogP contribution in [0.1, 0.15) is 18.9 Å². The minimum Gasteiger partial charge on any atom is -0.496 e. The molecule has 0 aromatic heterocycles. The first-order chi connectivity index (χ1) is 8.85. The number of rotatable bonds is 6. The molecule has 0 atom stereocenters. The first-order valence-corrected chi connectivity index (χ1v) is 6.76. The summed E-state index contributed by atoms with van der Waals surface area (Å²) in [6.45, 7) is 1.57. The van der Waals surface area contributed by atoms with Crippen LogP contribution in [0.2, 0.25) is 0 Å². The van der Waals surface area contributed by atoms with Gasteiger partial charge in [-0.25, -0.2) is 0 Å². The quantitative estimate of drug-likeness (QED) is 0.768. The Kier molecular flexibility index (Phi) is 6.13. The smallest absolute Gasteiger partial charge is 0.401 e. The molecule has 0 aliphatic rings. The van der Waals surface area contributed by atoms with E-state index in [1.54, 1.807) is 18.2 Å². The van der Waals surface area contributed by atoms with Crippen molar-refractivity contribution < 1.29 is 17.9 Å². The maximum absolute atomic E-state index is 12.5. The predicted molar refractivity (Wildman–Crippen MR) is 72.3 cm³/mol. The van der Waals surface area contributed by atoms with Gasteiger partial charge >= 0.3 is 6.18 Å². The number of nitrogens with zero attached hydrogens (tertiary/aromatic N) is 1. The van der Waals surface area contributed by atoms with Crippen molar-refractivity contribution in [1.29, 1.82) is 0 Å². The van der Waals surface area contributed by atoms with Crippen LogP contribution >= 0.6 is 15.9 Å². The van der Waals surface area contributed by atoms with Crippen LogP contribution in [0.15, 0.2) is 22.7 Å². The van der Waals surface area contributed by atoms with E-state index in [1.165, 1.54) is 12.0 Å². The van der Waals surface area contributed by atoms with Gasteiger partial charge < -0.3 is 4.74 Å². The van der Waals surface area contributed by atoms with Gasteiger partial charge in [0, 0.05) is 16.6 Å². The Morgan fingerprint density at radius 3 is 2.53 bits per heavy atom. The zero-order valence-corrected chi connectivity index (χ0v) is 12.5. The summed E-state index contributed by atoms with van der Waals surface area (Å²) in [5.74, 6) is 0.603. The van der Waals surface area contributed by atoms with E-state index in [9.17, 15) is 13.2 Å². The highest BCUT2D eigenvalue weighted by molar-refractivity contribution is 9.10. The van der Waals surface area contributed by atoms with Crippen LogP contribution in [0.25, 0.3) is 0 Å². The van der Waals surface area contributed by atoms with E-state index < -0.39 is 12.7 Å². The molecule has 1 rings (SSSR count). The van der Waals surface area contributed by atoms with Gasteiger partial charge in [-0.15, -0.1) is 0 Å². The highest BCUT2D eigenvalue weighted by atomic mass is 79.9. The molecule has 0 fully saturated rings. The fourth-order valence-electron chi connectivity index (χ4n) is 1.90. The summed E-state index contributed by atoms with van der Waals surface area (Å²) in [5, 5.41) is 0. The molecule has 0 N–H and O–H groups in total. The van der Waals surface area contributed by atoms with Crippen LogP contribution in [0.4, 0.5) is 13.2 Å². The Balaban J connectivity index is 2.86. The summed E-state index contributed by atoms with van der Waals surface area (Å²) < 4.78 is 43.5. The minimum atomic E-state index is -4.19. The molecule has 19 heavy (non-hydrogen) atoms. The molecule has 0 saturated carbocycles. The summed E-state index contributed by atoms with van der Waals surface area (Å²) in [5.41, 5.74) is 0.745. The van der Waals surface area contributed by atoms with Crippen molar-refractivity contribution in [3.05, 3.63) is 28.2 Å². The van der Waals surface area contributed by atoms with Crippen molar-refractivity contribution in [1.82, 2.24) is 4.90 Å². The SMILES string of the molecule is CCCN(Cc1cc(Br)ccc1OC)CC(F)(F)F. The molecule has 0 radical (unpaired) electrons. The van der Waals surface area contributed by atoms with E-state index in [4.69, 9.17) is 4.74 Å². The molecule has 0 heterocycles. The minimum absolute atomic E-state index is 0.218. The van der Waals surface area contributed by atoms with Gasteiger partial charge in [0.2, 0.25) is 0 Å². The maximum Gasteiger partial charge on any atom is 0.401 e. The summed E-state index contributed by atoms with van der Waals surface area (Å²) >= 11 is 3.32. The molecule has 2 nitrogen and oxygen atoms in total. The lowest BCUT2D eigenvalue weighted by molar-refractivity contribution is -0.147.